The molecule has 1 rings (SSSR count). The normalized spacial score (nSPS) is 11.6. The maximum Gasteiger partial charge on any atom is 0.269 e. The van der Waals surface area contributed by atoms with Crippen molar-refractivity contribution in [2.75, 3.05) is 13.2 Å². The molecular weight excluding hydrogens is 246 g/mol. The van der Waals surface area contributed by atoms with Gasteiger partial charge in [0.1, 0.15) is 5.75 Å². The van der Waals surface area contributed by atoms with Crippen LogP contribution < -0.4 is 10.1 Å². The highest BCUT2D eigenvalue weighted by Gasteiger charge is 2.07. The van der Waals surface area contributed by atoms with Gasteiger partial charge >= 0.3 is 0 Å². The number of nitrogens with one attached hydrogen (secondary N) is 1. The van der Waals surface area contributed by atoms with Gasteiger partial charge < -0.3 is 10.1 Å². The van der Waals surface area contributed by atoms with Crippen LogP contribution in [0.2, 0.25) is 0 Å². The minimum absolute atomic E-state index is 0.0341. The Balaban J connectivity index is 2.36. The third-order valence-corrected chi connectivity index (χ3v) is 2.52. The lowest BCUT2D eigenvalue weighted by Gasteiger charge is -2.11. The van der Waals surface area contributed by atoms with Gasteiger partial charge in [0.05, 0.1) is 23.6 Å². The topological polar surface area (TPSA) is 88.2 Å². The van der Waals surface area contributed by atoms with E-state index in [-0.39, 0.29) is 11.7 Å². The first-order valence-electron chi connectivity index (χ1n) is 6.17. The van der Waals surface area contributed by atoms with Gasteiger partial charge in [0, 0.05) is 18.6 Å². The molecule has 1 aromatic rings. The Morgan fingerprint density at radius 1 is 1.47 bits per heavy atom. The van der Waals surface area contributed by atoms with Crippen molar-refractivity contribution in [3.8, 4) is 11.8 Å². The largest absolute Gasteiger partial charge is 0.493 e. The molecule has 0 aliphatic heterocycles. The van der Waals surface area contributed by atoms with Crippen LogP contribution in [0.5, 0.6) is 5.75 Å². The fourth-order valence-corrected chi connectivity index (χ4v) is 1.49. The number of benzene rings is 1. The van der Waals surface area contributed by atoms with Crippen LogP contribution in [0, 0.1) is 21.4 Å². The summed E-state index contributed by atoms with van der Waals surface area (Å²) in [5.41, 5.74) is 0.0341. The molecule has 0 aromatic heterocycles. The number of nitrogens with zero attached hydrogens (tertiary/aromatic N) is 2. The molecule has 1 atom stereocenters. The number of rotatable bonds is 8. The number of hydrogen-bond donors (Lipinski definition) is 1. The monoisotopic (exact) mass is 263 g/mol. The molecule has 1 aromatic carbocycles. The molecule has 0 aliphatic rings. The molecule has 102 valence electrons. The van der Waals surface area contributed by atoms with Gasteiger partial charge in [-0.3, -0.25) is 10.1 Å². The molecule has 0 saturated heterocycles. The average molecular weight is 263 g/mol. The van der Waals surface area contributed by atoms with Crippen LogP contribution in [-0.4, -0.2) is 24.1 Å². The van der Waals surface area contributed by atoms with E-state index in [4.69, 9.17) is 10.00 Å². The molecule has 6 heteroatoms. The first-order valence-corrected chi connectivity index (χ1v) is 6.17. The van der Waals surface area contributed by atoms with E-state index >= 15 is 0 Å². The quantitative estimate of drug-likeness (QED) is 0.574. The highest BCUT2D eigenvalue weighted by molar-refractivity contribution is 5.35. The SMILES string of the molecule is CCCNC(C#N)CCOc1ccc([N+](=O)[O-])cc1. The number of nitriles is 1. The van der Waals surface area contributed by atoms with Gasteiger partial charge in [-0.05, 0) is 25.1 Å². The van der Waals surface area contributed by atoms with Crippen molar-refractivity contribution in [2.45, 2.75) is 25.8 Å². The third-order valence-electron chi connectivity index (χ3n) is 2.52. The van der Waals surface area contributed by atoms with E-state index in [1.807, 2.05) is 6.92 Å². The van der Waals surface area contributed by atoms with Crippen molar-refractivity contribution in [1.82, 2.24) is 5.32 Å². The van der Waals surface area contributed by atoms with Gasteiger partial charge in [-0.1, -0.05) is 6.92 Å². The predicted octanol–water partition coefficient (Wildman–Crippen LogP) is 2.26. The van der Waals surface area contributed by atoms with Crippen LogP contribution in [0.1, 0.15) is 19.8 Å². The van der Waals surface area contributed by atoms with Crippen molar-refractivity contribution in [3.05, 3.63) is 34.4 Å². The van der Waals surface area contributed by atoms with Gasteiger partial charge in [0.25, 0.3) is 5.69 Å². The molecule has 1 N–H and O–H groups in total. The van der Waals surface area contributed by atoms with Crippen molar-refractivity contribution in [2.24, 2.45) is 0 Å². The van der Waals surface area contributed by atoms with E-state index in [1.54, 1.807) is 12.1 Å². The van der Waals surface area contributed by atoms with Gasteiger partial charge in [0.2, 0.25) is 0 Å². The third kappa shape index (κ3) is 5.36. The zero-order valence-corrected chi connectivity index (χ0v) is 10.8. The summed E-state index contributed by atoms with van der Waals surface area (Å²) in [4.78, 5) is 10.0. The Hall–Kier alpha value is -2.13. The lowest BCUT2D eigenvalue weighted by atomic mass is 10.2. The van der Waals surface area contributed by atoms with E-state index in [2.05, 4.69) is 11.4 Å². The zero-order chi connectivity index (χ0) is 14.1. The fraction of sp³-hybridized carbons (Fsp3) is 0.462. The summed E-state index contributed by atoms with van der Waals surface area (Å²) in [6, 6.07) is 7.84. The molecule has 6 nitrogen and oxygen atoms in total. The van der Waals surface area contributed by atoms with E-state index in [9.17, 15) is 10.1 Å². The minimum atomic E-state index is -0.454. The zero-order valence-electron chi connectivity index (χ0n) is 10.8. The second-order valence-electron chi connectivity index (χ2n) is 4.02. The average Bonchev–Trinajstić information content (AvgIpc) is 2.43. The van der Waals surface area contributed by atoms with Gasteiger partial charge in [-0.2, -0.15) is 5.26 Å². The Kier molecular flexibility index (Phi) is 6.33. The molecular formula is C13H17N3O3. The summed E-state index contributed by atoms with van der Waals surface area (Å²) in [6.45, 7) is 3.23. The van der Waals surface area contributed by atoms with Crippen LogP contribution in [0.15, 0.2) is 24.3 Å². The van der Waals surface area contributed by atoms with E-state index in [1.165, 1.54) is 12.1 Å². The maximum absolute atomic E-state index is 10.5. The molecule has 0 amide bonds. The molecule has 0 radical (unpaired) electrons. The fourth-order valence-electron chi connectivity index (χ4n) is 1.49. The summed E-state index contributed by atoms with van der Waals surface area (Å²) in [7, 11) is 0. The van der Waals surface area contributed by atoms with Crippen molar-refractivity contribution in [1.29, 1.82) is 5.26 Å². The standard InChI is InChI=1S/C13H17N3O3/c1-2-8-15-11(10-14)7-9-19-13-5-3-12(4-6-13)16(17)18/h3-6,11,15H,2,7-9H2,1H3. The first kappa shape index (κ1) is 14.9. The smallest absolute Gasteiger partial charge is 0.269 e. The van der Waals surface area contributed by atoms with Crippen LogP contribution in [-0.2, 0) is 0 Å². The van der Waals surface area contributed by atoms with Crippen LogP contribution in [0.25, 0.3) is 0 Å². The summed E-state index contributed by atoms with van der Waals surface area (Å²) < 4.78 is 5.44. The summed E-state index contributed by atoms with van der Waals surface area (Å²) in [6.07, 6.45) is 1.55. The van der Waals surface area contributed by atoms with Crippen LogP contribution in [0.3, 0.4) is 0 Å². The molecule has 0 saturated carbocycles. The maximum atomic E-state index is 10.5. The van der Waals surface area contributed by atoms with Crippen molar-refractivity contribution in [3.63, 3.8) is 0 Å². The van der Waals surface area contributed by atoms with Crippen molar-refractivity contribution < 1.29 is 9.66 Å². The second-order valence-corrected chi connectivity index (χ2v) is 4.02. The minimum Gasteiger partial charge on any atom is -0.493 e. The molecule has 1 unspecified atom stereocenters. The molecule has 0 aliphatic carbocycles. The summed E-state index contributed by atoms with van der Waals surface area (Å²) in [5, 5.41) is 22.5. The summed E-state index contributed by atoms with van der Waals surface area (Å²) in [5.74, 6) is 0.567. The van der Waals surface area contributed by atoms with Gasteiger partial charge in [0.15, 0.2) is 0 Å². The Labute approximate surface area is 112 Å². The Morgan fingerprint density at radius 3 is 2.68 bits per heavy atom. The Morgan fingerprint density at radius 2 is 2.16 bits per heavy atom. The van der Waals surface area contributed by atoms with E-state index in [0.29, 0.717) is 18.8 Å². The van der Waals surface area contributed by atoms with Crippen molar-refractivity contribution >= 4 is 5.69 Å². The Bertz CT molecular complexity index is 439. The summed E-state index contributed by atoms with van der Waals surface area (Å²) >= 11 is 0. The van der Waals surface area contributed by atoms with E-state index in [0.717, 1.165) is 13.0 Å². The lowest BCUT2D eigenvalue weighted by molar-refractivity contribution is -0.384. The van der Waals surface area contributed by atoms with Gasteiger partial charge in [-0.15, -0.1) is 0 Å². The van der Waals surface area contributed by atoms with Gasteiger partial charge in [-0.25, -0.2) is 0 Å². The van der Waals surface area contributed by atoms with Crippen LogP contribution in [0.4, 0.5) is 5.69 Å². The number of nitro groups is 1. The number of nitro benzene ring substituents is 1. The molecule has 0 bridgehead atoms. The molecule has 19 heavy (non-hydrogen) atoms. The predicted molar refractivity (Wildman–Crippen MR) is 70.9 cm³/mol. The second kappa shape index (κ2) is 8.06. The first-order chi connectivity index (χ1) is 9.17. The number of ether oxygens (including phenoxy) is 1. The molecule has 0 fully saturated rings. The van der Waals surface area contributed by atoms with E-state index < -0.39 is 4.92 Å². The van der Waals surface area contributed by atoms with Crippen LogP contribution >= 0.6 is 0 Å². The highest BCUT2D eigenvalue weighted by Crippen LogP contribution is 2.17. The molecule has 0 heterocycles. The highest BCUT2D eigenvalue weighted by atomic mass is 16.6. The lowest BCUT2D eigenvalue weighted by Crippen LogP contribution is -2.29. The molecule has 0 spiro atoms. The number of hydrogen-bond acceptors (Lipinski definition) is 5. The number of non-ortho nitro benzene ring substituents is 1.